The molecule has 0 aromatic carbocycles. The molecule has 0 spiro atoms. The Morgan fingerprint density at radius 2 is 1.95 bits per heavy atom. The highest BCUT2D eigenvalue weighted by atomic mass is 16.6. The van der Waals surface area contributed by atoms with Gasteiger partial charge in [-0.1, -0.05) is 12.8 Å². The summed E-state index contributed by atoms with van der Waals surface area (Å²) in [6.07, 6.45) is 8.13. The van der Waals surface area contributed by atoms with Crippen LogP contribution in [-0.2, 0) is 19.1 Å². The van der Waals surface area contributed by atoms with Crippen molar-refractivity contribution in [1.29, 1.82) is 0 Å². The Kier molecular flexibility index (Phi) is 4.78. The van der Waals surface area contributed by atoms with Gasteiger partial charge in [0, 0.05) is 25.6 Å². The van der Waals surface area contributed by atoms with Gasteiger partial charge in [0.1, 0.15) is 6.61 Å². The first-order valence-corrected chi connectivity index (χ1v) is 8.32. The predicted molar refractivity (Wildman–Crippen MR) is 76.6 cm³/mol. The molecule has 2 heterocycles. The molecule has 2 atom stereocenters. The molecule has 1 amide bonds. The molecule has 5 nitrogen and oxygen atoms in total. The summed E-state index contributed by atoms with van der Waals surface area (Å²) in [6.45, 7) is 1.65. The van der Waals surface area contributed by atoms with Gasteiger partial charge in [-0.05, 0) is 32.1 Å². The average Bonchev–Trinajstić information content (AvgIpc) is 3.15. The highest BCUT2D eigenvalue weighted by Crippen LogP contribution is 2.30. The van der Waals surface area contributed by atoms with E-state index in [0.717, 1.165) is 38.7 Å². The zero-order valence-corrected chi connectivity index (χ0v) is 12.6. The zero-order chi connectivity index (χ0) is 14.7. The van der Waals surface area contributed by atoms with Gasteiger partial charge in [-0.3, -0.25) is 9.59 Å². The van der Waals surface area contributed by atoms with Gasteiger partial charge in [0.05, 0.1) is 12.0 Å². The molecule has 21 heavy (non-hydrogen) atoms. The summed E-state index contributed by atoms with van der Waals surface area (Å²) in [7, 11) is 0. The maximum absolute atomic E-state index is 12.1. The maximum atomic E-state index is 12.1. The molecule has 0 radical (unpaired) electrons. The number of nitrogens with zero attached hydrogens (tertiary/aromatic N) is 1. The minimum Gasteiger partial charge on any atom is -0.463 e. The van der Waals surface area contributed by atoms with Gasteiger partial charge in [-0.15, -0.1) is 0 Å². The molecule has 0 aromatic heterocycles. The first-order chi connectivity index (χ1) is 10.2. The zero-order valence-electron chi connectivity index (χ0n) is 12.6. The molecule has 0 bridgehead atoms. The minimum absolute atomic E-state index is 0.0470. The van der Waals surface area contributed by atoms with Crippen LogP contribution in [0.25, 0.3) is 0 Å². The van der Waals surface area contributed by atoms with E-state index in [1.165, 1.54) is 12.8 Å². The van der Waals surface area contributed by atoms with E-state index in [4.69, 9.17) is 9.47 Å². The third kappa shape index (κ3) is 3.57. The second kappa shape index (κ2) is 6.77. The van der Waals surface area contributed by atoms with E-state index in [-0.39, 0.29) is 23.9 Å². The van der Waals surface area contributed by atoms with Crippen LogP contribution in [0.3, 0.4) is 0 Å². The standard InChI is InChI=1S/C16H25NO4/c18-15-9-12(10-17(15)13-5-1-2-6-13)16(19)21-11-14-7-3-4-8-20-14/h12-14H,1-11H2/t12-,14+/m0/s1. The van der Waals surface area contributed by atoms with Crippen LogP contribution in [0.2, 0.25) is 0 Å². The third-order valence-electron chi connectivity index (χ3n) is 4.94. The lowest BCUT2D eigenvalue weighted by Crippen LogP contribution is -2.35. The fourth-order valence-electron chi connectivity index (χ4n) is 3.69. The fraction of sp³-hybridized carbons (Fsp3) is 0.875. The van der Waals surface area contributed by atoms with Gasteiger partial charge in [0.15, 0.2) is 0 Å². The molecular weight excluding hydrogens is 270 g/mol. The van der Waals surface area contributed by atoms with Crippen molar-refractivity contribution in [3.63, 3.8) is 0 Å². The van der Waals surface area contributed by atoms with Crippen LogP contribution < -0.4 is 0 Å². The van der Waals surface area contributed by atoms with E-state index in [0.29, 0.717) is 25.6 Å². The molecule has 0 aromatic rings. The van der Waals surface area contributed by atoms with Crippen LogP contribution in [0.1, 0.15) is 51.4 Å². The Morgan fingerprint density at radius 3 is 2.67 bits per heavy atom. The van der Waals surface area contributed by atoms with Crippen molar-refractivity contribution in [2.45, 2.75) is 63.5 Å². The lowest BCUT2D eigenvalue weighted by atomic mass is 10.1. The van der Waals surface area contributed by atoms with Crippen molar-refractivity contribution in [2.75, 3.05) is 19.8 Å². The summed E-state index contributed by atoms with van der Waals surface area (Å²) in [5.74, 6) is -0.377. The van der Waals surface area contributed by atoms with Crippen molar-refractivity contribution >= 4 is 11.9 Å². The van der Waals surface area contributed by atoms with Gasteiger partial charge in [0.2, 0.25) is 5.91 Å². The number of carbonyl (C=O) groups is 2. The number of likely N-dealkylation sites (tertiary alicyclic amines) is 1. The number of rotatable bonds is 4. The first-order valence-electron chi connectivity index (χ1n) is 8.32. The summed E-state index contributed by atoms with van der Waals surface area (Å²) < 4.78 is 10.9. The Labute approximate surface area is 126 Å². The van der Waals surface area contributed by atoms with Gasteiger partial charge in [0.25, 0.3) is 0 Å². The van der Waals surface area contributed by atoms with E-state index < -0.39 is 0 Å². The fourth-order valence-corrected chi connectivity index (χ4v) is 3.69. The lowest BCUT2D eigenvalue weighted by Gasteiger charge is -2.24. The second-order valence-corrected chi connectivity index (χ2v) is 6.50. The Balaban J connectivity index is 1.45. The predicted octanol–water partition coefficient (Wildman–Crippen LogP) is 1.89. The molecule has 0 unspecified atom stereocenters. The topological polar surface area (TPSA) is 55.8 Å². The highest BCUT2D eigenvalue weighted by Gasteiger charge is 2.39. The number of hydrogen-bond donors (Lipinski definition) is 0. The molecule has 2 saturated heterocycles. The summed E-state index contributed by atoms with van der Waals surface area (Å²) in [5.41, 5.74) is 0. The molecule has 2 aliphatic heterocycles. The minimum atomic E-state index is -0.276. The number of carbonyl (C=O) groups excluding carboxylic acids is 2. The third-order valence-corrected chi connectivity index (χ3v) is 4.94. The summed E-state index contributed by atoms with van der Waals surface area (Å²) in [6, 6.07) is 0.358. The van der Waals surface area contributed by atoms with E-state index >= 15 is 0 Å². The van der Waals surface area contributed by atoms with Crippen LogP contribution >= 0.6 is 0 Å². The van der Waals surface area contributed by atoms with Gasteiger partial charge < -0.3 is 14.4 Å². The molecular formula is C16H25NO4. The monoisotopic (exact) mass is 295 g/mol. The maximum Gasteiger partial charge on any atom is 0.311 e. The smallest absolute Gasteiger partial charge is 0.311 e. The molecule has 1 saturated carbocycles. The SMILES string of the molecule is O=C(OC[C@H]1CCCCO1)[C@H]1CC(=O)N(C2CCCC2)C1. The number of esters is 1. The molecule has 118 valence electrons. The molecule has 3 aliphatic rings. The van der Waals surface area contributed by atoms with Gasteiger partial charge in [-0.25, -0.2) is 0 Å². The van der Waals surface area contributed by atoms with Crippen LogP contribution in [0, 0.1) is 5.92 Å². The molecule has 3 fully saturated rings. The van der Waals surface area contributed by atoms with Crippen LogP contribution in [0.15, 0.2) is 0 Å². The van der Waals surface area contributed by atoms with E-state index in [1.807, 2.05) is 4.90 Å². The average molecular weight is 295 g/mol. The van der Waals surface area contributed by atoms with Crippen LogP contribution in [0.5, 0.6) is 0 Å². The largest absolute Gasteiger partial charge is 0.463 e. The van der Waals surface area contributed by atoms with E-state index in [1.54, 1.807) is 0 Å². The van der Waals surface area contributed by atoms with Crippen molar-refractivity contribution in [3.05, 3.63) is 0 Å². The normalized spacial score (nSPS) is 30.9. The van der Waals surface area contributed by atoms with E-state index in [9.17, 15) is 9.59 Å². The van der Waals surface area contributed by atoms with Gasteiger partial charge in [-0.2, -0.15) is 0 Å². The molecule has 5 heteroatoms. The molecule has 0 N–H and O–H groups in total. The molecule has 3 rings (SSSR count). The van der Waals surface area contributed by atoms with E-state index in [2.05, 4.69) is 0 Å². The number of amides is 1. The molecule has 1 aliphatic carbocycles. The second-order valence-electron chi connectivity index (χ2n) is 6.50. The summed E-state index contributed by atoms with van der Waals surface area (Å²) in [4.78, 5) is 26.1. The quantitative estimate of drug-likeness (QED) is 0.743. The van der Waals surface area contributed by atoms with Gasteiger partial charge >= 0.3 is 5.97 Å². The van der Waals surface area contributed by atoms with Crippen molar-refractivity contribution < 1.29 is 19.1 Å². The van der Waals surface area contributed by atoms with Crippen molar-refractivity contribution in [3.8, 4) is 0 Å². The lowest BCUT2D eigenvalue weighted by molar-refractivity contribution is -0.153. The first kappa shape index (κ1) is 14.8. The summed E-state index contributed by atoms with van der Waals surface area (Å²) >= 11 is 0. The van der Waals surface area contributed by atoms with Crippen molar-refractivity contribution in [2.24, 2.45) is 5.92 Å². The van der Waals surface area contributed by atoms with Crippen LogP contribution in [-0.4, -0.2) is 48.7 Å². The number of hydrogen-bond acceptors (Lipinski definition) is 4. The Hall–Kier alpha value is -1.10. The summed E-state index contributed by atoms with van der Waals surface area (Å²) in [5, 5.41) is 0. The van der Waals surface area contributed by atoms with Crippen molar-refractivity contribution in [1.82, 2.24) is 4.90 Å². The highest BCUT2D eigenvalue weighted by molar-refractivity contribution is 5.87. The Bertz CT molecular complexity index is 386. The van der Waals surface area contributed by atoms with Crippen LogP contribution in [0.4, 0.5) is 0 Å². The number of ether oxygens (including phenoxy) is 2. The Morgan fingerprint density at radius 1 is 1.19 bits per heavy atom.